The Kier molecular flexibility index (Phi) is 5.43. The van der Waals surface area contributed by atoms with Gasteiger partial charge >= 0.3 is 0 Å². The molecule has 1 rings (SSSR count). The summed E-state index contributed by atoms with van der Waals surface area (Å²) in [4.78, 5) is 2.28. The van der Waals surface area contributed by atoms with Gasteiger partial charge in [0.2, 0.25) is 0 Å². The summed E-state index contributed by atoms with van der Waals surface area (Å²) in [6.07, 6.45) is 2.90. The van der Waals surface area contributed by atoms with Crippen molar-refractivity contribution in [3.8, 4) is 0 Å². The standard InChI is InChI=1S/C12H22N2O/c1-4-13-11(2)7-8-14(3)10-12-6-5-9-15-12/h5-6,9,11,13H,4,7-8,10H2,1-3H3. The summed E-state index contributed by atoms with van der Waals surface area (Å²) in [7, 11) is 2.13. The molecule has 1 heterocycles. The predicted molar refractivity (Wildman–Crippen MR) is 62.8 cm³/mol. The molecule has 0 saturated carbocycles. The summed E-state index contributed by atoms with van der Waals surface area (Å²) < 4.78 is 5.30. The Morgan fingerprint density at radius 3 is 2.93 bits per heavy atom. The number of nitrogens with zero attached hydrogens (tertiary/aromatic N) is 1. The Morgan fingerprint density at radius 2 is 2.33 bits per heavy atom. The number of furan rings is 1. The van der Waals surface area contributed by atoms with Crippen LogP contribution in [0.3, 0.4) is 0 Å². The highest BCUT2D eigenvalue weighted by Gasteiger charge is 2.05. The molecule has 0 bridgehead atoms. The first-order chi connectivity index (χ1) is 7.22. The van der Waals surface area contributed by atoms with Crippen molar-refractivity contribution in [3.05, 3.63) is 24.2 Å². The molecular formula is C12H22N2O. The fraction of sp³-hybridized carbons (Fsp3) is 0.667. The zero-order valence-electron chi connectivity index (χ0n) is 9.99. The summed E-state index contributed by atoms with van der Waals surface area (Å²) in [5.41, 5.74) is 0. The van der Waals surface area contributed by atoms with Gasteiger partial charge in [-0.1, -0.05) is 6.92 Å². The molecule has 3 heteroatoms. The monoisotopic (exact) mass is 210 g/mol. The summed E-state index contributed by atoms with van der Waals surface area (Å²) in [6.45, 7) is 7.40. The third-order valence-corrected chi connectivity index (χ3v) is 2.50. The van der Waals surface area contributed by atoms with Crippen LogP contribution in [-0.2, 0) is 6.54 Å². The zero-order chi connectivity index (χ0) is 11.1. The van der Waals surface area contributed by atoms with Gasteiger partial charge < -0.3 is 9.73 Å². The molecule has 15 heavy (non-hydrogen) atoms. The molecule has 0 radical (unpaired) electrons. The summed E-state index contributed by atoms with van der Waals surface area (Å²) in [5, 5.41) is 3.41. The van der Waals surface area contributed by atoms with Crippen LogP contribution in [0.5, 0.6) is 0 Å². The van der Waals surface area contributed by atoms with E-state index >= 15 is 0 Å². The number of hydrogen-bond acceptors (Lipinski definition) is 3. The van der Waals surface area contributed by atoms with E-state index in [1.165, 1.54) is 6.42 Å². The quantitative estimate of drug-likeness (QED) is 0.747. The number of hydrogen-bond donors (Lipinski definition) is 1. The van der Waals surface area contributed by atoms with Crippen molar-refractivity contribution < 1.29 is 4.42 Å². The van der Waals surface area contributed by atoms with Gasteiger partial charge in [0.25, 0.3) is 0 Å². The molecular weight excluding hydrogens is 188 g/mol. The Bertz CT molecular complexity index is 246. The first kappa shape index (κ1) is 12.3. The number of nitrogens with one attached hydrogen (secondary N) is 1. The highest BCUT2D eigenvalue weighted by Crippen LogP contribution is 2.04. The topological polar surface area (TPSA) is 28.4 Å². The average molecular weight is 210 g/mol. The highest BCUT2D eigenvalue weighted by molar-refractivity contribution is 4.97. The molecule has 86 valence electrons. The maximum atomic E-state index is 5.30. The van der Waals surface area contributed by atoms with E-state index in [1.807, 2.05) is 12.1 Å². The van der Waals surface area contributed by atoms with Crippen LogP contribution in [0.1, 0.15) is 26.0 Å². The van der Waals surface area contributed by atoms with Crippen molar-refractivity contribution in [3.63, 3.8) is 0 Å². The van der Waals surface area contributed by atoms with Crippen molar-refractivity contribution in [1.29, 1.82) is 0 Å². The summed E-state index contributed by atoms with van der Waals surface area (Å²) in [5.74, 6) is 1.04. The third-order valence-electron chi connectivity index (χ3n) is 2.50. The molecule has 3 nitrogen and oxygen atoms in total. The molecule has 1 unspecified atom stereocenters. The molecule has 0 saturated heterocycles. The summed E-state index contributed by atoms with van der Waals surface area (Å²) >= 11 is 0. The predicted octanol–water partition coefficient (Wildman–Crippen LogP) is 2.10. The van der Waals surface area contributed by atoms with Crippen LogP contribution in [0.15, 0.2) is 22.8 Å². The van der Waals surface area contributed by atoms with Gasteiger partial charge in [0.15, 0.2) is 0 Å². The van der Waals surface area contributed by atoms with Crippen molar-refractivity contribution in [2.24, 2.45) is 0 Å². The van der Waals surface area contributed by atoms with Gasteiger partial charge in [-0.05, 0) is 45.6 Å². The van der Waals surface area contributed by atoms with Gasteiger partial charge in [-0.25, -0.2) is 0 Å². The minimum Gasteiger partial charge on any atom is -0.468 e. The van der Waals surface area contributed by atoms with Gasteiger partial charge in [-0.2, -0.15) is 0 Å². The molecule has 1 aromatic heterocycles. The van der Waals surface area contributed by atoms with Crippen LogP contribution in [0, 0.1) is 0 Å². The second-order valence-electron chi connectivity index (χ2n) is 4.06. The van der Waals surface area contributed by atoms with Crippen LogP contribution in [-0.4, -0.2) is 31.1 Å². The smallest absolute Gasteiger partial charge is 0.117 e. The maximum absolute atomic E-state index is 5.30. The van der Waals surface area contributed by atoms with Crippen LogP contribution in [0.25, 0.3) is 0 Å². The van der Waals surface area contributed by atoms with E-state index in [4.69, 9.17) is 4.42 Å². The van der Waals surface area contributed by atoms with E-state index in [-0.39, 0.29) is 0 Å². The third kappa shape index (κ3) is 5.00. The molecule has 0 spiro atoms. The molecule has 0 amide bonds. The second kappa shape index (κ2) is 6.64. The first-order valence-electron chi connectivity index (χ1n) is 5.66. The van der Waals surface area contributed by atoms with E-state index in [0.29, 0.717) is 6.04 Å². The van der Waals surface area contributed by atoms with Crippen LogP contribution in [0.2, 0.25) is 0 Å². The molecule has 0 aliphatic heterocycles. The minimum atomic E-state index is 0.592. The number of rotatable bonds is 7. The Morgan fingerprint density at radius 1 is 1.53 bits per heavy atom. The molecule has 0 aliphatic rings. The van der Waals surface area contributed by atoms with E-state index in [9.17, 15) is 0 Å². The minimum absolute atomic E-state index is 0.592. The molecule has 0 aliphatic carbocycles. The second-order valence-corrected chi connectivity index (χ2v) is 4.06. The normalized spacial score (nSPS) is 13.3. The van der Waals surface area contributed by atoms with Crippen molar-refractivity contribution >= 4 is 0 Å². The van der Waals surface area contributed by atoms with Crippen molar-refractivity contribution in [2.45, 2.75) is 32.9 Å². The first-order valence-corrected chi connectivity index (χ1v) is 5.66. The molecule has 1 atom stereocenters. The van der Waals surface area contributed by atoms with Crippen LogP contribution >= 0.6 is 0 Å². The van der Waals surface area contributed by atoms with E-state index in [2.05, 4.69) is 31.1 Å². The van der Waals surface area contributed by atoms with E-state index in [1.54, 1.807) is 6.26 Å². The van der Waals surface area contributed by atoms with Crippen molar-refractivity contribution in [1.82, 2.24) is 10.2 Å². The largest absolute Gasteiger partial charge is 0.468 e. The van der Waals surface area contributed by atoms with Gasteiger partial charge in [-0.15, -0.1) is 0 Å². The van der Waals surface area contributed by atoms with Crippen molar-refractivity contribution in [2.75, 3.05) is 20.1 Å². The van der Waals surface area contributed by atoms with Gasteiger partial charge in [0.05, 0.1) is 12.8 Å². The van der Waals surface area contributed by atoms with E-state index < -0.39 is 0 Å². The lowest BCUT2D eigenvalue weighted by Crippen LogP contribution is -2.30. The SMILES string of the molecule is CCNC(C)CCN(C)Cc1ccco1. The maximum Gasteiger partial charge on any atom is 0.117 e. The molecule has 0 aromatic carbocycles. The lowest BCUT2D eigenvalue weighted by molar-refractivity contribution is 0.279. The fourth-order valence-electron chi connectivity index (χ4n) is 1.61. The Balaban J connectivity index is 2.16. The molecule has 0 fully saturated rings. The van der Waals surface area contributed by atoms with Gasteiger partial charge in [-0.3, -0.25) is 4.90 Å². The van der Waals surface area contributed by atoms with Gasteiger partial charge in [0.1, 0.15) is 5.76 Å². The van der Waals surface area contributed by atoms with Gasteiger partial charge in [0, 0.05) is 6.04 Å². The van der Waals surface area contributed by atoms with E-state index in [0.717, 1.165) is 25.4 Å². The Labute approximate surface area is 92.5 Å². The highest BCUT2D eigenvalue weighted by atomic mass is 16.3. The van der Waals surface area contributed by atoms with Crippen LogP contribution < -0.4 is 5.32 Å². The zero-order valence-corrected chi connectivity index (χ0v) is 9.99. The summed E-state index contributed by atoms with van der Waals surface area (Å²) in [6, 6.07) is 4.54. The lowest BCUT2D eigenvalue weighted by Gasteiger charge is -2.18. The lowest BCUT2D eigenvalue weighted by atomic mass is 10.2. The molecule has 1 aromatic rings. The van der Waals surface area contributed by atoms with Crippen LogP contribution in [0.4, 0.5) is 0 Å². The molecule has 1 N–H and O–H groups in total. The average Bonchev–Trinajstić information content (AvgIpc) is 2.68. The Hall–Kier alpha value is -0.800. The fourth-order valence-corrected chi connectivity index (χ4v) is 1.61.